The number of carbonyl (C=O) groups is 3. The van der Waals surface area contributed by atoms with Crippen LogP contribution >= 0.6 is 11.8 Å². The second-order valence-electron chi connectivity index (χ2n) is 6.20. The lowest BCUT2D eigenvalue weighted by molar-refractivity contribution is -0.127. The van der Waals surface area contributed by atoms with E-state index in [2.05, 4.69) is 5.32 Å². The zero-order chi connectivity index (χ0) is 20.4. The molecule has 4 rings (SSSR count). The Morgan fingerprint density at radius 2 is 1.76 bits per heavy atom. The second kappa shape index (κ2) is 7.76. The molecule has 29 heavy (non-hydrogen) atoms. The summed E-state index contributed by atoms with van der Waals surface area (Å²) in [6, 6.07) is 15.5. The van der Waals surface area contributed by atoms with Gasteiger partial charge in [-0.15, -0.1) is 0 Å². The Morgan fingerprint density at radius 3 is 2.55 bits per heavy atom. The summed E-state index contributed by atoms with van der Waals surface area (Å²) >= 11 is 0.677. The van der Waals surface area contributed by atoms with Gasteiger partial charge in [-0.1, -0.05) is 30.3 Å². The van der Waals surface area contributed by atoms with Crippen molar-refractivity contribution in [1.29, 1.82) is 0 Å². The molecule has 3 amide bonds. The first-order valence-electron chi connectivity index (χ1n) is 8.64. The molecule has 0 radical (unpaired) electrons. The van der Waals surface area contributed by atoms with Gasteiger partial charge in [-0.3, -0.25) is 24.1 Å². The van der Waals surface area contributed by atoms with Crippen molar-refractivity contribution >= 4 is 51.5 Å². The van der Waals surface area contributed by atoms with Gasteiger partial charge in [-0.2, -0.15) is 0 Å². The lowest BCUT2D eigenvalue weighted by Gasteiger charge is -2.12. The molecule has 1 saturated heterocycles. The molecule has 0 unspecified atom stereocenters. The van der Waals surface area contributed by atoms with E-state index in [4.69, 9.17) is 4.42 Å². The van der Waals surface area contributed by atoms with E-state index in [0.717, 1.165) is 4.90 Å². The van der Waals surface area contributed by atoms with Gasteiger partial charge in [0.25, 0.3) is 11.1 Å². The van der Waals surface area contributed by atoms with Crippen molar-refractivity contribution in [2.24, 2.45) is 0 Å². The number of nitrogens with zero attached hydrogens (tertiary/aromatic N) is 1. The highest BCUT2D eigenvalue weighted by Crippen LogP contribution is 2.31. The van der Waals surface area contributed by atoms with Crippen LogP contribution in [0.25, 0.3) is 17.0 Å². The molecule has 3 aromatic rings. The van der Waals surface area contributed by atoms with Crippen LogP contribution in [0.4, 0.5) is 10.5 Å². The number of anilines is 1. The minimum absolute atomic E-state index is 0.0603. The molecule has 0 bridgehead atoms. The highest BCUT2D eigenvalue weighted by atomic mass is 32.2. The van der Waals surface area contributed by atoms with E-state index >= 15 is 0 Å². The first kappa shape index (κ1) is 18.7. The fraction of sp³-hybridized carbons (Fsp3) is 0.0476. The van der Waals surface area contributed by atoms with Gasteiger partial charge >= 0.3 is 0 Å². The molecule has 8 heteroatoms. The Kier molecular flexibility index (Phi) is 5.01. The summed E-state index contributed by atoms with van der Waals surface area (Å²) < 4.78 is 5.43. The summed E-state index contributed by atoms with van der Waals surface area (Å²) in [5.41, 5.74) is 0.845. The largest absolute Gasteiger partial charge is 0.463 e. The van der Waals surface area contributed by atoms with Crippen molar-refractivity contribution in [2.75, 3.05) is 11.9 Å². The van der Waals surface area contributed by atoms with Crippen molar-refractivity contribution in [3.05, 3.63) is 81.6 Å². The standard InChI is InChI=1S/C21H14N2O5S/c24-18(22-14-6-2-1-3-7-14)11-23-20(26)17(29-21(23)27)10-13-12-28-16-9-5-4-8-15(16)19(13)25/h1-10,12H,11H2,(H,22,24)/b17-10-. The number of rotatable bonds is 4. The van der Waals surface area contributed by atoms with Gasteiger partial charge in [-0.25, -0.2) is 0 Å². The summed E-state index contributed by atoms with van der Waals surface area (Å²) in [6.45, 7) is -0.413. The van der Waals surface area contributed by atoms with Crippen molar-refractivity contribution in [1.82, 2.24) is 4.90 Å². The van der Waals surface area contributed by atoms with E-state index in [1.54, 1.807) is 54.6 Å². The van der Waals surface area contributed by atoms with Crippen molar-refractivity contribution in [3.63, 3.8) is 0 Å². The topological polar surface area (TPSA) is 96.7 Å². The molecule has 1 aromatic heterocycles. The minimum atomic E-state index is -0.629. The number of amides is 3. The first-order chi connectivity index (χ1) is 14.0. The summed E-state index contributed by atoms with van der Waals surface area (Å²) in [4.78, 5) is 50.5. The molecule has 0 spiro atoms. The Labute approximate surface area is 169 Å². The van der Waals surface area contributed by atoms with Gasteiger partial charge in [-0.05, 0) is 42.1 Å². The fourth-order valence-corrected chi connectivity index (χ4v) is 3.66. The van der Waals surface area contributed by atoms with Crippen LogP contribution in [-0.4, -0.2) is 28.5 Å². The number of nitrogens with one attached hydrogen (secondary N) is 1. The molecular weight excluding hydrogens is 392 g/mol. The van der Waals surface area contributed by atoms with Crippen LogP contribution in [0.1, 0.15) is 5.56 Å². The van der Waals surface area contributed by atoms with Gasteiger partial charge in [0.15, 0.2) is 5.43 Å². The smallest absolute Gasteiger partial charge is 0.294 e. The highest BCUT2D eigenvalue weighted by Gasteiger charge is 2.36. The molecule has 2 heterocycles. The van der Waals surface area contributed by atoms with Gasteiger partial charge in [0.1, 0.15) is 18.4 Å². The molecule has 7 nitrogen and oxygen atoms in total. The van der Waals surface area contributed by atoms with E-state index in [1.807, 2.05) is 0 Å². The summed E-state index contributed by atoms with van der Waals surface area (Å²) in [5.74, 6) is -1.12. The van der Waals surface area contributed by atoms with Crippen LogP contribution < -0.4 is 10.7 Å². The van der Waals surface area contributed by atoms with E-state index in [0.29, 0.717) is 28.4 Å². The van der Waals surface area contributed by atoms with E-state index in [1.165, 1.54) is 12.3 Å². The third-order valence-corrected chi connectivity index (χ3v) is 5.13. The average Bonchev–Trinajstić information content (AvgIpc) is 2.98. The predicted molar refractivity (Wildman–Crippen MR) is 110 cm³/mol. The fourth-order valence-electron chi connectivity index (χ4n) is 2.84. The number of fused-ring (bicyclic) bond motifs is 1. The number of imide groups is 1. The van der Waals surface area contributed by atoms with Crippen LogP contribution in [0.5, 0.6) is 0 Å². The number of thioether (sulfide) groups is 1. The third-order valence-electron chi connectivity index (χ3n) is 4.23. The zero-order valence-electron chi connectivity index (χ0n) is 15.0. The lowest BCUT2D eigenvalue weighted by Crippen LogP contribution is -2.36. The quantitative estimate of drug-likeness (QED) is 0.667. The van der Waals surface area contributed by atoms with E-state index < -0.39 is 23.6 Å². The normalized spacial score (nSPS) is 15.3. The lowest BCUT2D eigenvalue weighted by atomic mass is 10.1. The molecule has 0 aliphatic carbocycles. The number of para-hydroxylation sites is 2. The summed E-state index contributed by atoms with van der Waals surface area (Å²) in [7, 11) is 0. The van der Waals surface area contributed by atoms with Crippen LogP contribution in [-0.2, 0) is 9.59 Å². The third kappa shape index (κ3) is 3.83. The molecular formula is C21H14N2O5S. The van der Waals surface area contributed by atoms with Crippen LogP contribution in [0, 0.1) is 0 Å². The molecule has 144 valence electrons. The van der Waals surface area contributed by atoms with Gasteiger partial charge in [0.2, 0.25) is 5.91 Å². The van der Waals surface area contributed by atoms with Crippen molar-refractivity contribution < 1.29 is 18.8 Å². The number of hydrogen-bond acceptors (Lipinski definition) is 6. The number of benzene rings is 2. The molecule has 0 saturated carbocycles. The molecule has 1 aliphatic heterocycles. The zero-order valence-corrected chi connectivity index (χ0v) is 15.8. The Morgan fingerprint density at radius 1 is 1.03 bits per heavy atom. The van der Waals surface area contributed by atoms with Crippen LogP contribution in [0.15, 0.2) is 75.0 Å². The summed E-state index contributed by atoms with van der Waals surface area (Å²) in [6.07, 6.45) is 2.57. The van der Waals surface area contributed by atoms with E-state index in [9.17, 15) is 19.2 Å². The maximum atomic E-state index is 12.6. The van der Waals surface area contributed by atoms with Gasteiger partial charge in [0.05, 0.1) is 15.9 Å². The van der Waals surface area contributed by atoms with Gasteiger partial charge in [0, 0.05) is 5.69 Å². The average molecular weight is 406 g/mol. The number of hydrogen-bond donors (Lipinski definition) is 1. The maximum Gasteiger partial charge on any atom is 0.294 e. The molecule has 1 aliphatic rings. The molecule has 2 aromatic carbocycles. The Bertz CT molecular complexity index is 1220. The minimum Gasteiger partial charge on any atom is -0.463 e. The SMILES string of the molecule is O=C(CN1C(=O)S/C(=C\c2coc3ccccc3c2=O)C1=O)Nc1ccccc1. The Balaban J connectivity index is 1.54. The number of carbonyl (C=O) groups excluding carboxylic acids is 3. The maximum absolute atomic E-state index is 12.6. The van der Waals surface area contributed by atoms with Gasteiger partial charge < -0.3 is 9.73 Å². The highest BCUT2D eigenvalue weighted by molar-refractivity contribution is 8.18. The molecule has 1 N–H and O–H groups in total. The molecule has 0 atom stereocenters. The predicted octanol–water partition coefficient (Wildman–Crippen LogP) is 3.47. The van der Waals surface area contributed by atoms with E-state index in [-0.39, 0.29) is 15.9 Å². The van der Waals surface area contributed by atoms with Crippen molar-refractivity contribution in [3.8, 4) is 0 Å². The summed E-state index contributed by atoms with van der Waals surface area (Å²) in [5, 5.41) is 2.43. The monoisotopic (exact) mass is 406 g/mol. The van der Waals surface area contributed by atoms with Crippen LogP contribution in [0.2, 0.25) is 0 Å². The van der Waals surface area contributed by atoms with Crippen LogP contribution in [0.3, 0.4) is 0 Å². The second-order valence-corrected chi connectivity index (χ2v) is 7.19. The Hall–Kier alpha value is -3.65. The van der Waals surface area contributed by atoms with Crippen molar-refractivity contribution in [2.45, 2.75) is 0 Å². The first-order valence-corrected chi connectivity index (χ1v) is 9.45. The molecule has 1 fully saturated rings.